The fraction of sp³-hybridized carbons (Fsp3) is 0.241. The number of nitrogens with zero attached hydrogens (tertiary/aromatic N) is 6. The number of ether oxygens (including phenoxy) is 2. The van der Waals surface area contributed by atoms with Crippen molar-refractivity contribution in [3.05, 3.63) is 76.8 Å². The Morgan fingerprint density at radius 1 is 1.22 bits per heavy atom. The summed E-state index contributed by atoms with van der Waals surface area (Å²) in [5, 5.41) is 20.5. The van der Waals surface area contributed by atoms with Crippen LogP contribution in [0.4, 0.5) is 5.69 Å². The van der Waals surface area contributed by atoms with Crippen LogP contribution in [0.5, 0.6) is 11.5 Å². The van der Waals surface area contributed by atoms with Gasteiger partial charge in [0.05, 0.1) is 49.0 Å². The molecule has 11 nitrogen and oxygen atoms in total. The van der Waals surface area contributed by atoms with Crippen molar-refractivity contribution in [2.24, 2.45) is 10.2 Å². The third-order valence-corrected chi connectivity index (χ3v) is 7.53. The van der Waals surface area contributed by atoms with Gasteiger partial charge in [0.15, 0.2) is 17.2 Å². The van der Waals surface area contributed by atoms with Crippen LogP contribution in [0.1, 0.15) is 46.4 Å². The zero-order chi connectivity index (χ0) is 28.8. The molecular weight excluding hydrogens is 540 g/mol. The predicted molar refractivity (Wildman–Crippen MR) is 158 cm³/mol. The number of methoxy groups -OCH3 is 1. The van der Waals surface area contributed by atoms with E-state index in [9.17, 15) is 10.1 Å². The molecule has 12 heteroatoms. The maximum atomic E-state index is 13.5. The zero-order valence-electron chi connectivity index (χ0n) is 22.8. The number of hydrazone groups is 2. The summed E-state index contributed by atoms with van der Waals surface area (Å²) in [6.45, 7) is 4.81. The number of aryl methyl sites for hydroxylation is 1. The molecule has 41 heavy (non-hydrogen) atoms. The Hall–Kier alpha value is -5.02. The normalized spacial score (nSPS) is 13.4. The van der Waals surface area contributed by atoms with Gasteiger partial charge in [0.25, 0.3) is 5.91 Å². The van der Waals surface area contributed by atoms with E-state index in [0.29, 0.717) is 46.6 Å². The second kappa shape index (κ2) is 12.4. The molecule has 0 spiro atoms. The number of nitrogens with one attached hydrogen (secondary N) is 2. The first-order chi connectivity index (χ1) is 20.0. The summed E-state index contributed by atoms with van der Waals surface area (Å²) in [5.41, 5.74) is 7.55. The fourth-order valence-corrected chi connectivity index (χ4v) is 5.31. The highest BCUT2D eigenvalue weighted by molar-refractivity contribution is 7.17. The smallest absolute Gasteiger partial charge is 0.285 e. The average molecular weight is 569 g/mol. The lowest BCUT2D eigenvalue weighted by atomic mass is 10.0. The molecular formula is C29H28N8O3S. The van der Waals surface area contributed by atoms with Crippen molar-refractivity contribution in [2.45, 2.75) is 26.7 Å². The van der Waals surface area contributed by atoms with E-state index in [4.69, 9.17) is 14.6 Å². The SMILES string of the molecule is CCOc1cc(C2=NN(C(=O)c3sc(-c4ccc(N/N=C(\C#N)c5cnc[nH]5)cc4)nc3C)CCC2)ccc1OC. The zero-order valence-corrected chi connectivity index (χ0v) is 23.7. The van der Waals surface area contributed by atoms with Crippen LogP contribution in [0.3, 0.4) is 0 Å². The van der Waals surface area contributed by atoms with Crippen LogP contribution in [-0.4, -0.2) is 57.6 Å². The van der Waals surface area contributed by atoms with E-state index in [0.717, 1.165) is 34.7 Å². The van der Waals surface area contributed by atoms with Gasteiger partial charge in [-0.2, -0.15) is 15.5 Å². The molecule has 0 aliphatic carbocycles. The third kappa shape index (κ3) is 6.10. The third-order valence-electron chi connectivity index (χ3n) is 6.33. The van der Waals surface area contributed by atoms with E-state index in [1.807, 2.05) is 62.4 Å². The number of aromatic nitrogens is 3. The molecule has 208 valence electrons. The maximum absolute atomic E-state index is 13.5. The highest BCUT2D eigenvalue weighted by Crippen LogP contribution is 2.32. The molecule has 2 aromatic heterocycles. The first kappa shape index (κ1) is 27.5. The van der Waals surface area contributed by atoms with Crippen molar-refractivity contribution in [3.8, 4) is 28.1 Å². The van der Waals surface area contributed by atoms with E-state index in [-0.39, 0.29) is 11.6 Å². The number of thiazole rings is 1. The first-order valence-corrected chi connectivity index (χ1v) is 13.8. The van der Waals surface area contributed by atoms with Gasteiger partial charge in [-0.15, -0.1) is 11.3 Å². The van der Waals surface area contributed by atoms with Gasteiger partial charge in [0.2, 0.25) is 0 Å². The van der Waals surface area contributed by atoms with Gasteiger partial charge in [0, 0.05) is 17.7 Å². The quantitative estimate of drug-likeness (QED) is 0.208. The van der Waals surface area contributed by atoms with Crippen molar-refractivity contribution in [2.75, 3.05) is 25.7 Å². The van der Waals surface area contributed by atoms with Gasteiger partial charge in [0.1, 0.15) is 16.0 Å². The van der Waals surface area contributed by atoms with Crippen LogP contribution >= 0.6 is 11.3 Å². The Bertz CT molecular complexity index is 1640. The molecule has 1 aliphatic heterocycles. The number of rotatable bonds is 9. The van der Waals surface area contributed by atoms with E-state index in [1.54, 1.807) is 7.11 Å². The van der Waals surface area contributed by atoms with Crippen molar-refractivity contribution in [1.82, 2.24) is 20.0 Å². The fourth-order valence-electron chi connectivity index (χ4n) is 4.29. The number of imidazole rings is 1. The lowest BCUT2D eigenvalue weighted by Gasteiger charge is -2.23. The van der Waals surface area contributed by atoms with Gasteiger partial charge >= 0.3 is 0 Å². The summed E-state index contributed by atoms with van der Waals surface area (Å²) in [6, 6.07) is 15.2. The van der Waals surface area contributed by atoms with Gasteiger partial charge < -0.3 is 14.5 Å². The average Bonchev–Trinajstić information content (AvgIpc) is 3.68. The molecule has 5 rings (SSSR count). The predicted octanol–water partition coefficient (Wildman–Crippen LogP) is 5.23. The molecule has 0 unspecified atom stereocenters. The Labute approximate surface area is 241 Å². The van der Waals surface area contributed by atoms with Crippen LogP contribution in [0.2, 0.25) is 0 Å². The van der Waals surface area contributed by atoms with Crippen LogP contribution < -0.4 is 14.9 Å². The van der Waals surface area contributed by atoms with Crippen LogP contribution in [0.15, 0.2) is 65.2 Å². The molecule has 1 amide bonds. The molecule has 0 fully saturated rings. The number of benzene rings is 2. The second-order valence-corrected chi connectivity index (χ2v) is 10.0. The Morgan fingerprint density at radius 3 is 2.73 bits per heavy atom. The molecule has 2 aromatic carbocycles. The van der Waals surface area contributed by atoms with E-state index in [2.05, 4.69) is 25.5 Å². The lowest BCUT2D eigenvalue weighted by Crippen LogP contribution is -2.32. The first-order valence-electron chi connectivity index (χ1n) is 13.0. The summed E-state index contributed by atoms with van der Waals surface area (Å²) in [7, 11) is 1.61. The Balaban J connectivity index is 1.32. The number of carbonyl (C=O) groups is 1. The summed E-state index contributed by atoms with van der Waals surface area (Å²) in [4.78, 5) is 25.5. The largest absolute Gasteiger partial charge is 0.493 e. The van der Waals surface area contributed by atoms with Crippen LogP contribution in [-0.2, 0) is 0 Å². The molecule has 0 atom stereocenters. The molecule has 0 saturated carbocycles. The maximum Gasteiger partial charge on any atom is 0.285 e. The molecule has 1 aliphatic rings. The van der Waals surface area contributed by atoms with Crippen molar-refractivity contribution >= 4 is 34.4 Å². The number of nitriles is 1. The van der Waals surface area contributed by atoms with E-state index in [1.165, 1.54) is 28.9 Å². The molecule has 0 bridgehead atoms. The number of aromatic amines is 1. The highest BCUT2D eigenvalue weighted by atomic mass is 32.1. The molecule has 4 aromatic rings. The topological polar surface area (TPSA) is 141 Å². The highest BCUT2D eigenvalue weighted by Gasteiger charge is 2.25. The van der Waals surface area contributed by atoms with Gasteiger partial charge in [-0.05, 0) is 69.2 Å². The van der Waals surface area contributed by atoms with Crippen molar-refractivity contribution < 1.29 is 14.3 Å². The number of hydrogen-bond donors (Lipinski definition) is 2. The standard InChI is InChI=1S/C29H28N8O3S/c1-4-40-26-14-20(9-12-25(26)39-3)22-6-5-13-37(36-22)29(38)27-18(2)33-28(41-27)19-7-10-21(11-8-19)34-35-23(15-30)24-16-31-17-32-24/h7-12,14,16-17,34H,4-6,13H2,1-3H3,(H,31,32)/b35-23+. The molecule has 2 N–H and O–H groups in total. The summed E-state index contributed by atoms with van der Waals surface area (Å²) in [5.74, 6) is 1.14. The van der Waals surface area contributed by atoms with Crippen LogP contribution in [0, 0.1) is 18.3 Å². The van der Waals surface area contributed by atoms with Crippen molar-refractivity contribution in [3.63, 3.8) is 0 Å². The van der Waals surface area contributed by atoms with Crippen molar-refractivity contribution in [1.29, 1.82) is 5.26 Å². The van der Waals surface area contributed by atoms with Gasteiger partial charge in [-0.1, -0.05) is 0 Å². The number of H-pyrrole nitrogens is 1. The number of anilines is 1. The Kier molecular flexibility index (Phi) is 8.36. The number of carbonyl (C=O) groups excluding carboxylic acids is 1. The van der Waals surface area contributed by atoms with Gasteiger partial charge in [-0.3, -0.25) is 10.2 Å². The number of hydrogen-bond acceptors (Lipinski definition) is 10. The minimum atomic E-state index is -0.169. The monoisotopic (exact) mass is 568 g/mol. The molecule has 0 saturated heterocycles. The molecule has 3 heterocycles. The summed E-state index contributed by atoms with van der Waals surface area (Å²) in [6.07, 6.45) is 4.58. The van der Waals surface area contributed by atoms with Crippen LogP contribution in [0.25, 0.3) is 10.6 Å². The minimum absolute atomic E-state index is 0.169. The summed E-state index contributed by atoms with van der Waals surface area (Å²) < 4.78 is 11.1. The second-order valence-electron chi connectivity index (χ2n) is 9.04. The number of amides is 1. The van der Waals surface area contributed by atoms with E-state index >= 15 is 0 Å². The lowest BCUT2D eigenvalue weighted by molar-refractivity contribution is 0.0755. The van der Waals surface area contributed by atoms with E-state index < -0.39 is 0 Å². The molecule has 0 radical (unpaired) electrons. The Morgan fingerprint density at radius 2 is 2.02 bits per heavy atom. The van der Waals surface area contributed by atoms with Gasteiger partial charge in [-0.25, -0.2) is 15.0 Å². The summed E-state index contributed by atoms with van der Waals surface area (Å²) >= 11 is 1.34. The minimum Gasteiger partial charge on any atom is -0.493 e.